The standard InChI is InChI=1S/C28H48N6O4.2ClH/c1-19(2)18-34(22-15-21(16-29-17-22)25(35)33-10-13-38-14-11-33)26(36)23-20(3)31-27(28(4,5)6)32-24(23)30-9-8-12-37-7;;/h19,21-22,29H,8-18H2,1-7H3,(H,30,31,32);2*1H/t21-,22+;;/m1../s1. The third kappa shape index (κ3) is 9.69. The lowest BCUT2D eigenvalue weighted by Crippen LogP contribution is -2.56. The molecular formula is C28H50Cl2N6O4. The number of amides is 2. The van der Waals surface area contributed by atoms with Gasteiger partial charge < -0.3 is 29.9 Å². The molecule has 2 amide bonds. The molecule has 2 saturated heterocycles. The largest absolute Gasteiger partial charge is 0.385 e. The summed E-state index contributed by atoms with van der Waals surface area (Å²) in [6, 6.07) is -0.100. The number of nitrogens with one attached hydrogen (secondary N) is 2. The molecule has 0 aromatic carbocycles. The highest BCUT2D eigenvalue weighted by molar-refractivity contribution is 6.00. The number of rotatable bonds is 10. The molecule has 2 aliphatic heterocycles. The van der Waals surface area contributed by atoms with Crippen molar-refractivity contribution in [2.45, 2.75) is 65.8 Å². The van der Waals surface area contributed by atoms with Crippen LogP contribution in [0.4, 0.5) is 5.82 Å². The number of hydrogen-bond donors (Lipinski definition) is 2. The fraction of sp³-hybridized carbons (Fsp3) is 0.786. The zero-order chi connectivity index (χ0) is 27.9. The van der Waals surface area contributed by atoms with Crippen LogP contribution in [0.1, 0.15) is 69.3 Å². The van der Waals surface area contributed by atoms with E-state index in [9.17, 15) is 9.59 Å². The summed E-state index contributed by atoms with van der Waals surface area (Å²) in [6.45, 7) is 17.9. The first-order chi connectivity index (χ1) is 18.0. The Bertz CT molecular complexity index is 953. The monoisotopic (exact) mass is 604 g/mol. The molecule has 1 aromatic heterocycles. The van der Waals surface area contributed by atoms with E-state index in [4.69, 9.17) is 19.4 Å². The lowest BCUT2D eigenvalue weighted by atomic mass is 9.92. The van der Waals surface area contributed by atoms with Crippen molar-refractivity contribution in [2.24, 2.45) is 11.8 Å². The van der Waals surface area contributed by atoms with Crippen LogP contribution in [0.2, 0.25) is 0 Å². The third-order valence-electron chi connectivity index (χ3n) is 7.06. The van der Waals surface area contributed by atoms with Crippen LogP contribution < -0.4 is 10.6 Å². The van der Waals surface area contributed by atoms with Crippen LogP contribution >= 0.6 is 24.8 Å². The number of nitrogens with zero attached hydrogens (tertiary/aromatic N) is 4. The van der Waals surface area contributed by atoms with Gasteiger partial charge in [-0.2, -0.15) is 0 Å². The lowest BCUT2D eigenvalue weighted by molar-refractivity contribution is -0.140. The smallest absolute Gasteiger partial charge is 0.259 e. The van der Waals surface area contributed by atoms with Crippen LogP contribution in [0.25, 0.3) is 0 Å². The second-order valence-corrected chi connectivity index (χ2v) is 11.9. The molecule has 3 heterocycles. The number of carbonyl (C=O) groups excluding carboxylic acids is 2. The van der Waals surface area contributed by atoms with E-state index in [2.05, 4.69) is 45.3 Å². The number of halogens is 2. The lowest BCUT2D eigenvalue weighted by Gasteiger charge is -2.40. The number of methoxy groups -OCH3 is 1. The van der Waals surface area contributed by atoms with E-state index in [1.807, 2.05) is 16.7 Å². The molecule has 0 spiro atoms. The van der Waals surface area contributed by atoms with E-state index in [0.717, 1.165) is 6.42 Å². The van der Waals surface area contributed by atoms with Crippen molar-refractivity contribution in [1.29, 1.82) is 0 Å². The van der Waals surface area contributed by atoms with Crippen LogP contribution in [-0.4, -0.2) is 104 Å². The number of anilines is 1. The second kappa shape index (κ2) is 16.7. The summed E-state index contributed by atoms with van der Waals surface area (Å²) < 4.78 is 10.6. The van der Waals surface area contributed by atoms with Gasteiger partial charge >= 0.3 is 0 Å². The summed E-state index contributed by atoms with van der Waals surface area (Å²) in [7, 11) is 1.68. The van der Waals surface area contributed by atoms with Gasteiger partial charge in [-0.15, -0.1) is 24.8 Å². The molecule has 2 N–H and O–H groups in total. The van der Waals surface area contributed by atoms with E-state index in [0.29, 0.717) is 88.4 Å². The molecule has 10 nitrogen and oxygen atoms in total. The fourth-order valence-corrected chi connectivity index (χ4v) is 5.04. The van der Waals surface area contributed by atoms with Crippen molar-refractivity contribution >= 4 is 42.4 Å². The van der Waals surface area contributed by atoms with Gasteiger partial charge in [-0.25, -0.2) is 9.97 Å². The summed E-state index contributed by atoms with van der Waals surface area (Å²) in [5.74, 6) is 1.44. The van der Waals surface area contributed by atoms with Crippen molar-refractivity contribution in [3.63, 3.8) is 0 Å². The van der Waals surface area contributed by atoms with Crippen LogP contribution in [0.15, 0.2) is 0 Å². The van der Waals surface area contributed by atoms with E-state index < -0.39 is 0 Å². The molecule has 230 valence electrons. The van der Waals surface area contributed by atoms with Crippen LogP contribution in [0, 0.1) is 18.8 Å². The molecular weight excluding hydrogens is 555 g/mol. The zero-order valence-electron chi connectivity index (χ0n) is 25.2. The van der Waals surface area contributed by atoms with Crippen molar-refractivity contribution in [1.82, 2.24) is 25.1 Å². The topological polar surface area (TPSA) is 109 Å². The number of morpholine rings is 1. The first-order valence-electron chi connectivity index (χ1n) is 14.0. The minimum atomic E-state index is -0.257. The van der Waals surface area contributed by atoms with Gasteiger partial charge in [-0.3, -0.25) is 9.59 Å². The summed E-state index contributed by atoms with van der Waals surface area (Å²) in [5, 5.41) is 6.83. The SMILES string of the molecule is COCCCNc1nc(C(C)(C)C)nc(C)c1C(=O)N(CC(C)C)[C@@H]1CNC[C@H](C(=O)N2CCOCC2)C1.Cl.Cl. The molecule has 2 atom stereocenters. The van der Waals surface area contributed by atoms with Gasteiger partial charge in [0.05, 0.1) is 24.8 Å². The van der Waals surface area contributed by atoms with Gasteiger partial charge in [0.25, 0.3) is 5.91 Å². The number of aryl methyl sites for hydroxylation is 1. The summed E-state index contributed by atoms with van der Waals surface area (Å²) in [4.78, 5) is 41.0. The maximum absolute atomic E-state index is 14.3. The minimum absolute atomic E-state index is 0. The number of piperidine rings is 1. The van der Waals surface area contributed by atoms with Crippen molar-refractivity contribution in [2.75, 3.05) is 71.5 Å². The van der Waals surface area contributed by atoms with E-state index in [1.165, 1.54) is 0 Å². The predicted molar refractivity (Wildman–Crippen MR) is 163 cm³/mol. The second-order valence-electron chi connectivity index (χ2n) is 11.9. The van der Waals surface area contributed by atoms with E-state index >= 15 is 0 Å². The number of ether oxygens (including phenoxy) is 2. The van der Waals surface area contributed by atoms with Crippen LogP contribution in [0.3, 0.4) is 0 Å². The Labute approximate surface area is 252 Å². The third-order valence-corrected chi connectivity index (χ3v) is 7.06. The maximum atomic E-state index is 14.3. The number of aromatic nitrogens is 2. The molecule has 0 saturated carbocycles. The van der Waals surface area contributed by atoms with E-state index in [-0.39, 0.29) is 59.9 Å². The van der Waals surface area contributed by atoms with Crippen LogP contribution in [0.5, 0.6) is 0 Å². The predicted octanol–water partition coefficient (Wildman–Crippen LogP) is 3.31. The summed E-state index contributed by atoms with van der Waals surface area (Å²) >= 11 is 0. The Hall–Kier alpha value is -1.72. The van der Waals surface area contributed by atoms with Gasteiger partial charge in [0.2, 0.25) is 5.91 Å². The molecule has 2 fully saturated rings. The molecule has 0 aliphatic carbocycles. The molecule has 40 heavy (non-hydrogen) atoms. The Balaban J connectivity index is 0.00000400. The van der Waals surface area contributed by atoms with Crippen molar-refractivity contribution < 1.29 is 19.1 Å². The summed E-state index contributed by atoms with van der Waals surface area (Å²) in [6.07, 6.45) is 1.43. The molecule has 2 aliphatic rings. The molecule has 3 rings (SSSR count). The van der Waals surface area contributed by atoms with Crippen LogP contribution in [-0.2, 0) is 19.7 Å². The minimum Gasteiger partial charge on any atom is -0.385 e. The van der Waals surface area contributed by atoms with Gasteiger partial charge in [0, 0.05) is 64.4 Å². The molecule has 0 unspecified atom stereocenters. The van der Waals surface area contributed by atoms with Gasteiger partial charge in [-0.05, 0) is 25.7 Å². The maximum Gasteiger partial charge on any atom is 0.259 e. The first kappa shape index (κ1) is 36.3. The Kier molecular flexibility index (Phi) is 15.1. The quantitative estimate of drug-likeness (QED) is 0.392. The van der Waals surface area contributed by atoms with Gasteiger partial charge in [-0.1, -0.05) is 34.6 Å². The van der Waals surface area contributed by atoms with E-state index in [1.54, 1.807) is 7.11 Å². The highest BCUT2D eigenvalue weighted by Crippen LogP contribution is 2.28. The Morgan fingerprint density at radius 2 is 1.85 bits per heavy atom. The normalized spacial score (nSPS) is 19.4. The average molecular weight is 606 g/mol. The highest BCUT2D eigenvalue weighted by Gasteiger charge is 2.37. The molecule has 0 radical (unpaired) electrons. The Morgan fingerprint density at radius 1 is 1.18 bits per heavy atom. The zero-order valence-corrected chi connectivity index (χ0v) is 26.9. The summed E-state index contributed by atoms with van der Waals surface area (Å²) in [5.41, 5.74) is 0.924. The number of carbonyl (C=O) groups is 2. The molecule has 12 heteroatoms. The highest BCUT2D eigenvalue weighted by atomic mass is 35.5. The number of hydrogen-bond acceptors (Lipinski definition) is 8. The molecule has 1 aromatic rings. The first-order valence-corrected chi connectivity index (χ1v) is 14.0. The van der Waals surface area contributed by atoms with Crippen molar-refractivity contribution in [3.8, 4) is 0 Å². The Morgan fingerprint density at radius 3 is 2.45 bits per heavy atom. The van der Waals surface area contributed by atoms with Gasteiger partial charge in [0.1, 0.15) is 17.2 Å². The van der Waals surface area contributed by atoms with Crippen molar-refractivity contribution in [3.05, 3.63) is 17.1 Å². The average Bonchev–Trinajstić information content (AvgIpc) is 2.88. The fourth-order valence-electron chi connectivity index (χ4n) is 5.04. The van der Waals surface area contributed by atoms with Gasteiger partial charge in [0.15, 0.2) is 0 Å². The molecule has 0 bridgehead atoms.